The van der Waals surface area contributed by atoms with Gasteiger partial charge in [-0.1, -0.05) is 18.2 Å². The number of rotatable bonds is 4. The lowest BCUT2D eigenvalue weighted by Crippen LogP contribution is -2.26. The highest BCUT2D eigenvalue weighted by molar-refractivity contribution is 7.99. The number of anilines is 1. The number of carbonyl (C=O) groups is 1. The molecule has 0 atom stereocenters. The predicted molar refractivity (Wildman–Crippen MR) is 105 cm³/mol. The maximum atomic E-state index is 12.7. The summed E-state index contributed by atoms with van der Waals surface area (Å²) in [5.74, 6) is 0.906. The fraction of sp³-hybridized carbons (Fsp3) is 0.250. The van der Waals surface area contributed by atoms with Crippen LogP contribution in [-0.2, 0) is 6.54 Å². The highest BCUT2D eigenvalue weighted by atomic mass is 32.2. The van der Waals surface area contributed by atoms with Gasteiger partial charge < -0.3 is 9.64 Å². The summed E-state index contributed by atoms with van der Waals surface area (Å²) in [6, 6.07) is 12.6. The molecule has 0 saturated carbocycles. The number of nitrogens with zero attached hydrogens (tertiary/aromatic N) is 3. The Morgan fingerprint density at radius 1 is 1.17 bits per heavy atom. The van der Waals surface area contributed by atoms with E-state index in [-0.39, 0.29) is 11.3 Å². The maximum absolute atomic E-state index is 12.7. The minimum Gasteiger partial charge on any atom is -0.467 e. The molecule has 4 rings (SSSR count). The summed E-state index contributed by atoms with van der Waals surface area (Å²) < 4.78 is 43.2. The number of aldehydes is 1. The zero-order valence-corrected chi connectivity index (χ0v) is 16.0. The third-order valence-electron chi connectivity index (χ3n) is 4.42. The summed E-state index contributed by atoms with van der Waals surface area (Å²) in [7, 11) is 0. The van der Waals surface area contributed by atoms with Gasteiger partial charge in [-0.05, 0) is 29.8 Å². The van der Waals surface area contributed by atoms with Gasteiger partial charge in [0.2, 0.25) is 11.8 Å². The summed E-state index contributed by atoms with van der Waals surface area (Å²) in [6.45, 7) is -0.293. The molecule has 3 aromatic rings. The molecule has 0 unspecified atom stereocenters. The van der Waals surface area contributed by atoms with Crippen LogP contribution in [0.1, 0.15) is 15.9 Å². The van der Waals surface area contributed by atoms with Crippen LogP contribution < -0.4 is 9.64 Å². The first-order valence-corrected chi connectivity index (χ1v) is 9.84. The molecule has 150 valence electrons. The Hall–Kier alpha value is -2.81. The second-order valence-corrected chi connectivity index (χ2v) is 7.64. The molecule has 0 bridgehead atoms. The number of thioether (sulfide) groups is 1. The van der Waals surface area contributed by atoms with Crippen molar-refractivity contribution in [2.24, 2.45) is 0 Å². The summed E-state index contributed by atoms with van der Waals surface area (Å²) in [6.07, 6.45) is -3.89. The van der Waals surface area contributed by atoms with Gasteiger partial charge in [-0.25, -0.2) is 4.98 Å². The predicted octanol–water partition coefficient (Wildman–Crippen LogP) is 4.50. The van der Waals surface area contributed by atoms with Crippen LogP contribution >= 0.6 is 11.8 Å². The van der Waals surface area contributed by atoms with Crippen LogP contribution in [0.3, 0.4) is 0 Å². The molecule has 0 fully saturated rings. The van der Waals surface area contributed by atoms with Crippen LogP contribution in [0.4, 0.5) is 19.1 Å². The van der Waals surface area contributed by atoms with Gasteiger partial charge in [-0.15, -0.1) is 11.8 Å². The van der Waals surface area contributed by atoms with Crippen LogP contribution in [0, 0.1) is 0 Å². The largest absolute Gasteiger partial charge is 0.467 e. The molecule has 0 radical (unpaired) electrons. The van der Waals surface area contributed by atoms with Gasteiger partial charge >= 0.3 is 6.18 Å². The number of aromatic nitrogens is 2. The molecule has 9 heteroatoms. The van der Waals surface area contributed by atoms with E-state index in [4.69, 9.17) is 4.74 Å². The zero-order valence-electron chi connectivity index (χ0n) is 15.1. The number of hydrogen-bond donors (Lipinski definition) is 0. The van der Waals surface area contributed by atoms with Gasteiger partial charge in [0.1, 0.15) is 6.29 Å². The van der Waals surface area contributed by atoms with E-state index in [2.05, 4.69) is 9.97 Å². The van der Waals surface area contributed by atoms with Gasteiger partial charge in [-0.2, -0.15) is 18.2 Å². The Kier molecular flexibility index (Phi) is 5.31. The summed E-state index contributed by atoms with van der Waals surface area (Å²) in [4.78, 5) is 23.0. The van der Waals surface area contributed by atoms with Crippen molar-refractivity contribution in [1.82, 2.24) is 9.97 Å². The number of halogens is 3. The molecule has 2 heterocycles. The van der Waals surface area contributed by atoms with E-state index in [0.29, 0.717) is 36.4 Å². The average Bonchev–Trinajstić information content (AvgIpc) is 2.93. The van der Waals surface area contributed by atoms with Gasteiger partial charge in [0.05, 0.1) is 10.9 Å². The third-order valence-corrected chi connectivity index (χ3v) is 5.51. The van der Waals surface area contributed by atoms with E-state index in [1.807, 2.05) is 29.2 Å². The van der Waals surface area contributed by atoms with E-state index >= 15 is 0 Å². The Morgan fingerprint density at radius 3 is 2.79 bits per heavy atom. The number of fused-ring (bicyclic) bond motifs is 2. The van der Waals surface area contributed by atoms with Crippen LogP contribution in [0.5, 0.6) is 5.88 Å². The minimum absolute atomic E-state index is 0.184. The van der Waals surface area contributed by atoms with E-state index in [0.717, 1.165) is 11.3 Å². The van der Waals surface area contributed by atoms with Crippen LogP contribution in [0.15, 0.2) is 47.4 Å². The second-order valence-electron chi connectivity index (χ2n) is 6.50. The zero-order chi connectivity index (χ0) is 20.4. The molecule has 0 spiro atoms. The molecule has 0 amide bonds. The Labute approximate surface area is 168 Å². The number of ether oxygens (including phenoxy) is 1. The topological polar surface area (TPSA) is 55.3 Å². The summed E-state index contributed by atoms with van der Waals surface area (Å²) >= 11 is 1.72. The first-order valence-electron chi connectivity index (χ1n) is 8.85. The molecule has 5 nitrogen and oxygen atoms in total. The Bertz CT molecular complexity index is 1060. The molecule has 2 aromatic carbocycles. The van der Waals surface area contributed by atoms with Crippen molar-refractivity contribution < 1.29 is 22.7 Å². The molecule has 0 N–H and O–H groups in total. The normalized spacial score (nSPS) is 14.4. The number of hydrogen-bond acceptors (Lipinski definition) is 6. The molecule has 1 aromatic heterocycles. The summed E-state index contributed by atoms with van der Waals surface area (Å²) in [5.41, 5.74) is 1.83. The van der Waals surface area contributed by atoms with Gasteiger partial charge in [0, 0.05) is 29.3 Å². The van der Waals surface area contributed by atoms with Crippen molar-refractivity contribution in [2.75, 3.05) is 23.8 Å². The Balaban J connectivity index is 1.75. The Morgan fingerprint density at radius 2 is 2.00 bits per heavy atom. The van der Waals surface area contributed by atoms with Gasteiger partial charge in [-0.3, -0.25) is 4.79 Å². The summed E-state index contributed by atoms with van der Waals surface area (Å²) in [5, 5.41) is 0.271. The monoisotopic (exact) mass is 419 g/mol. The highest BCUT2D eigenvalue weighted by Crippen LogP contribution is 2.32. The van der Waals surface area contributed by atoms with E-state index in [1.54, 1.807) is 23.9 Å². The third kappa shape index (κ3) is 4.45. The first-order chi connectivity index (χ1) is 13.9. The molecule has 1 aliphatic heterocycles. The fourth-order valence-corrected chi connectivity index (χ4v) is 4.10. The second kappa shape index (κ2) is 7.90. The quantitative estimate of drug-likeness (QED) is 0.581. The van der Waals surface area contributed by atoms with Crippen LogP contribution in [-0.4, -0.2) is 41.3 Å². The van der Waals surface area contributed by atoms with Crippen molar-refractivity contribution in [1.29, 1.82) is 0 Å². The number of carbonyl (C=O) groups excluding carboxylic acids is 1. The highest BCUT2D eigenvalue weighted by Gasteiger charge is 2.29. The SMILES string of the molecule is O=Cc1ccc2nc(N3CCSc4ccccc4C3)nc(OCC(F)(F)F)c2c1. The van der Waals surface area contributed by atoms with Crippen molar-refractivity contribution in [3.05, 3.63) is 53.6 Å². The minimum atomic E-state index is -4.50. The molecule has 29 heavy (non-hydrogen) atoms. The molecular weight excluding hydrogens is 403 g/mol. The van der Waals surface area contributed by atoms with E-state index in [1.165, 1.54) is 11.0 Å². The van der Waals surface area contributed by atoms with Crippen molar-refractivity contribution >= 4 is 34.9 Å². The standard InChI is InChI=1S/C20H16F3N3O2S/c21-20(22,23)12-28-18-15-9-13(11-27)5-6-16(15)24-19(25-18)26-7-8-29-17-4-2-1-3-14(17)10-26/h1-6,9,11H,7-8,10,12H2. The maximum Gasteiger partial charge on any atom is 0.422 e. The van der Waals surface area contributed by atoms with Crippen LogP contribution in [0.25, 0.3) is 10.9 Å². The molecule has 0 saturated heterocycles. The molecule has 0 aliphatic carbocycles. The van der Waals surface area contributed by atoms with Gasteiger partial charge in [0.15, 0.2) is 6.61 Å². The molecular formula is C20H16F3N3O2S. The molecule has 1 aliphatic rings. The first kappa shape index (κ1) is 19.5. The van der Waals surface area contributed by atoms with Crippen molar-refractivity contribution in [2.45, 2.75) is 17.6 Å². The number of alkyl halides is 3. The smallest absolute Gasteiger partial charge is 0.422 e. The van der Waals surface area contributed by atoms with Crippen LogP contribution in [0.2, 0.25) is 0 Å². The lowest BCUT2D eigenvalue weighted by molar-refractivity contribution is -0.153. The van der Waals surface area contributed by atoms with E-state index < -0.39 is 12.8 Å². The average molecular weight is 419 g/mol. The van der Waals surface area contributed by atoms with Gasteiger partial charge in [0.25, 0.3) is 0 Å². The van der Waals surface area contributed by atoms with Crippen molar-refractivity contribution in [3.8, 4) is 5.88 Å². The fourth-order valence-electron chi connectivity index (χ4n) is 3.08. The van der Waals surface area contributed by atoms with Crippen molar-refractivity contribution in [3.63, 3.8) is 0 Å². The lowest BCUT2D eigenvalue weighted by Gasteiger charge is -2.22. The van der Waals surface area contributed by atoms with E-state index in [9.17, 15) is 18.0 Å². The lowest BCUT2D eigenvalue weighted by atomic mass is 10.1. The number of benzene rings is 2.